The molecule has 3 aromatic rings. The van der Waals surface area contributed by atoms with E-state index in [9.17, 15) is 14.7 Å². The summed E-state index contributed by atoms with van der Waals surface area (Å²) < 4.78 is 16.2. The summed E-state index contributed by atoms with van der Waals surface area (Å²) in [5, 5.41) is 11.1. The van der Waals surface area contributed by atoms with Gasteiger partial charge in [-0.3, -0.25) is 9.59 Å². The quantitative estimate of drug-likeness (QED) is 0.402. The second kappa shape index (κ2) is 7.35. The number of benzene rings is 1. The minimum Gasteiger partial charge on any atom is -0.507 e. The number of Topliss-reactive ketones (excluding diaryl/α,β-unsaturated/α-hetero) is 1. The van der Waals surface area contributed by atoms with Crippen LogP contribution in [0.4, 0.5) is 0 Å². The molecule has 2 aromatic heterocycles. The number of likely N-dealkylation sites (tertiary alicyclic amines) is 1. The molecule has 1 aliphatic rings. The van der Waals surface area contributed by atoms with Gasteiger partial charge >= 0.3 is 0 Å². The van der Waals surface area contributed by atoms with Crippen LogP contribution >= 0.6 is 0 Å². The van der Waals surface area contributed by atoms with E-state index in [0.717, 1.165) is 5.56 Å². The van der Waals surface area contributed by atoms with Gasteiger partial charge in [-0.15, -0.1) is 0 Å². The Bertz CT molecular complexity index is 1080. The molecule has 1 unspecified atom stereocenters. The zero-order valence-electron chi connectivity index (χ0n) is 15.9. The summed E-state index contributed by atoms with van der Waals surface area (Å²) >= 11 is 0. The number of methoxy groups -OCH3 is 1. The first-order valence-corrected chi connectivity index (χ1v) is 9.00. The van der Waals surface area contributed by atoms with E-state index in [-0.39, 0.29) is 17.9 Å². The largest absolute Gasteiger partial charge is 0.507 e. The van der Waals surface area contributed by atoms with Gasteiger partial charge in [0.05, 0.1) is 37.3 Å². The lowest BCUT2D eigenvalue weighted by Crippen LogP contribution is -2.28. The first-order valence-electron chi connectivity index (χ1n) is 9.00. The van der Waals surface area contributed by atoms with Gasteiger partial charge in [-0.2, -0.15) is 0 Å². The van der Waals surface area contributed by atoms with Crippen molar-refractivity contribution in [3.8, 4) is 5.75 Å². The van der Waals surface area contributed by atoms with Crippen LogP contribution in [0.15, 0.2) is 69.4 Å². The van der Waals surface area contributed by atoms with Crippen molar-refractivity contribution in [2.24, 2.45) is 0 Å². The van der Waals surface area contributed by atoms with E-state index >= 15 is 0 Å². The van der Waals surface area contributed by atoms with Crippen LogP contribution in [0.5, 0.6) is 5.75 Å². The molecule has 0 aliphatic carbocycles. The third kappa shape index (κ3) is 3.20. The van der Waals surface area contributed by atoms with E-state index in [4.69, 9.17) is 13.6 Å². The third-order valence-corrected chi connectivity index (χ3v) is 4.87. The van der Waals surface area contributed by atoms with E-state index in [2.05, 4.69) is 0 Å². The lowest BCUT2D eigenvalue weighted by atomic mass is 9.98. The maximum Gasteiger partial charge on any atom is 0.296 e. The zero-order valence-corrected chi connectivity index (χ0v) is 15.9. The van der Waals surface area contributed by atoms with Crippen molar-refractivity contribution in [3.63, 3.8) is 0 Å². The van der Waals surface area contributed by atoms with E-state index < -0.39 is 17.7 Å². The average Bonchev–Trinajstić information content (AvgIpc) is 3.46. The minimum absolute atomic E-state index is 0.0552. The second-order valence-electron chi connectivity index (χ2n) is 6.73. The maximum atomic E-state index is 12.9. The molecule has 148 valence electrons. The number of carbonyl (C=O) groups is 2. The van der Waals surface area contributed by atoms with Crippen LogP contribution < -0.4 is 4.74 Å². The summed E-state index contributed by atoms with van der Waals surface area (Å²) in [5.74, 6) is -0.578. The fourth-order valence-electron chi connectivity index (χ4n) is 3.51. The summed E-state index contributed by atoms with van der Waals surface area (Å²) in [6.45, 7) is 1.92. The van der Waals surface area contributed by atoms with Crippen molar-refractivity contribution < 1.29 is 28.3 Å². The fraction of sp³-hybridized carbons (Fsp3) is 0.182. The second-order valence-corrected chi connectivity index (χ2v) is 6.73. The number of nitrogens with zero attached hydrogens (tertiary/aromatic N) is 1. The predicted molar refractivity (Wildman–Crippen MR) is 103 cm³/mol. The Kier molecular flexibility index (Phi) is 4.72. The van der Waals surface area contributed by atoms with Crippen molar-refractivity contribution in [2.75, 3.05) is 7.11 Å². The minimum atomic E-state index is -0.889. The van der Waals surface area contributed by atoms with E-state index in [1.165, 1.54) is 24.5 Å². The third-order valence-electron chi connectivity index (χ3n) is 4.87. The Morgan fingerprint density at radius 2 is 1.90 bits per heavy atom. The average molecular weight is 393 g/mol. The molecule has 1 aromatic carbocycles. The van der Waals surface area contributed by atoms with E-state index in [0.29, 0.717) is 22.8 Å². The van der Waals surface area contributed by atoms with Gasteiger partial charge in [0.15, 0.2) is 0 Å². The molecule has 1 aliphatic heterocycles. The van der Waals surface area contributed by atoms with Crippen molar-refractivity contribution in [3.05, 3.63) is 83.2 Å². The molecule has 1 fully saturated rings. The maximum absolute atomic E-state index is 12.9. The van der Waals surface area contributed by atoms with Crippen LogP contribution in [-0.2, 0) is 16.1 Å². The smallest absolute Gasteiger partial charge is 0.296 e. The molecular weight excluding hydrogens is 374 g/mol. The number of hydrogen-bond acceptors (Lipinski definition) is 6. The standard InChI is InChI=1S/C22H19NO6/c1-13-7-8-16(27-2)15(11-13)20(24)18-19(17-6-4-10-29-17)23(22(26)21(18)25)12-14-5-3-9-28-14/h3-11,19,24H,12H2,1-2H3/b20-18-. The number of aryl methyl sites for hydroxylation is 1. The Hall–Kier alpha value is -3.74. The molecule has 1 N–H and O–H groups in total. The van der Waals surface area contributed by atoms with Crippen molar-refractivity contribution in [1.29, 1.82) is 0 Å². The molecule has 7 heteroatoms. The molecular formula is C22H19NO6. The van der Waals surface area contributed by atoms with Gasteiger partial charge in [-0.25, -0.2) is 0 Å². The van der Waals surface area contributed by atoms with Crippen LogP contribution in [-0.4, -0.2) is 28.8 Å². The molecule has 0 bridgehead atoms. The first kappa shape index (κ1) is 18.6. The normalized spacial score (nSPS) is 18.4. The lowest BCUT2D eigenvalue weighted by molar-refractivity contribution is -0.140. The topological polar surface area (TPSA) is 93.1 Å². The Morgan fingerprint density at radius 3 is 2.55 bits per heavy atom. The first-order chi connectivity index (χ1) is 14.0. The summed E-state index contributed by atoms with van der Waals surface area (Å²) in [6.07, 6.45) is 2.95. The van der Waals surface area contributed by atoms with Crippen molar-refractivity contribution in [2.45, 2.75) is 19.5 Å². The molecule has 0 saturated carbocycles. The molecule has 0 radical (unpaired) electrons. The number of ether oxygens (including phenoxy) is 1. The van der Waals surface area contributed by atoms with Gasteiger partial charge in [0, 0.05) is 0 Å². The number of amides is 1. The molecule has 1 saturated heterocycles. The van der Waals surface area contributed by atoms with E-state index in [1.807, 2.05) is 13.0 Å². The lowest BCUT2D eigenvalue weighted by Gasteiger charge is -2.22. The Labute approximate surface area is 166 Å². The SMILES string of the molecule is COc1ccc(C)cc1/C(O)=C1/C(=O)C(=O)N(Cc2ccco2)C1c1ccco1. The molecule has 1 atom stereocenters. The number of furan rings is 2. The highest BCUT2D eigenvalue weighted by atomic mass is 16.5. The molecule has 29 heavy (non-hydrogen) atoms. The van der Waals surface area contributed by atoms with Crippen LogP contribution in [0.2, 0.25) is 0 Å². The molecule has 1 amide bonds. The number of hydrogen-bond donors (Lipinski definition) is 1. The van der Waals surface area contributed by atoms with Crippen LogP contribution in [0.1, 0.15) is 28.7 Å². The van der Waals surface area contributed by atoms with Gasteiger partial charge < -0.3 is 23.6 Å². The fourth-order valence-corrected chi connectivity index (χ4v) is 3.51. The van der Waals surface area contributed by atoms with Gasteiger partial charge in [-0.1, -0.05) is 11.6 Å². The summed E-state index contributed by atoms with van der Waals surface area (Å²) in [5.41, 5.74) is 1.15. The molecule has 4 rings (SSSR count). The highest BCUT2D eigenvalue weighted by molar-refractivity contribution is 6.46. The molecule has 7 nitrogen and oxygen atoms in total. The summed E-state index contributed by atoms with van der Waals surface area (Å²) in [4.78, 5) is 27.1. The van der Waals surface area contributed by atoms with Crippen molar-refractivity contribution >= 4 is 17.4 Å². The number of rotatable bonds is 5. The van der Waals surface area contributed by atoms with Gasteiger partial charge in [0.25, 0.3) is 11.7 Å². The van der Waals surface area contributed by atoms with Crippen LogP contribution in [0.25, 0.3) is 5.76 Å². The number of aliphatic hydroxyl groups excluding tert-OH is 1. The Balaban J connectivity index is 1.89. The van der Waals surface area contributed by atoms with Gasteiger partial charge in [-0.05, 0) is 43.3 Å². The van der Waals surface area contributed by atoms with Gasteiger partial charge in [0.2, 0.25) is 0 Å². The zero-order chi connectivity index (χ0) is 20.5. The summed E-state index contributed by atoms with van der Waals surface area (Å²) in [6, 6.07) is 11.1. The van der Waals surface area contributed by atoms with Crippen molar-refractivity contribution in [1.82, 2.24) is 4.90 Å². The number of ketones is 1. The van der Waals surface area contributed by atoms with Crippen LogP contribution in [0, 0.1) is 6.92 Å². The molecule has 3 heterocycles. The Morgan fingerprint density at radius 1 is 1.14 bits per heavy atom. The predicted octanol–water partition coefficient (Wildman–Crippen LogP) is 3.81. The number of carbonyl (C=O) groups excluding carboxylic acids is 2. The van der Waals surface area contributed by atoms with Crippen LogP contribution in [0.3, 0.4) is 0 Å². The number of aliphatic hydroxyl groups is 1. The van der Waals surface area contributed by atoms with E-state index in [1.54, 1.807) is 36.4 Å². The highest BCUT2D eigenvalue weighted by Gasteiger charge is 2.48. The highest BCUT2D eigenvalue weighted by Crippen LogP contribution is 2.41. The molecule has 0 spiro atoms. The monoisotopic (exact) mass is 393 g/mol. The summed E-state index contributed by atoms with van der Waals surface area (Å²) in [7, 11) is 1.47. The van der Waals surface area contributed by atoms with Gasteiger partial charge in [0.1, 0.15) is 29.1 Å².